The summed E-state index contributed by atoms with van der Waals surface area (Å²) in [6.07, 6.45) is 10.7. The van der Waals surface area contributed by atoms with E-state index in [0.717, 1.165) is 52.6 Å². The Bertz CT molecular complexity index is 4190. The average molecular weight is 2050 g/mol. The van der Waals surface area contributed by atoms with E-state index in [0.29, 0.717) is 193 Å². The van der Waals surface area contributed by atoms with Crippen molar-refractivity contribution in [1.29, 1.82) is 0 Å². The number of nitrogens with zero attached hydrogens (tertiary/aromatic N) is 6. The van der Waals surface area contributed by atoms with Gasteiger partial charge in [0.1, 0.15) is 31.1 Å². The number of fused-ring (bicyclic) bond motifs is 3. The number of Topliss-reactive ketones (excluding diaryl/α,β-unsaturated/α-hetero) is 2. The van der Waals surface area contributed by atoms with Crippen LogP contribution < -0.4 is 27.7 Å². The number of ether oxygens (including phenoxy) is 13. The van der Waals surface area contributed by atoms with E-state index in [1.165, 1.54) is 35.7 Å². The number of carbonyl (C=O) groups excluding carboxylic acids is 6. The first kappa shape index (κ1) is 109. The number of aryl methyl sites for hydroxylation is 4. The van der Waals surface area contributed by atoms with E-state index in [4.69, 9.17) is 83.3 Å². The van der Waals surface area contributed by atoms with E-state index in [-0.39, 0.29) is 193 Å². The first-order valence-corrected chi connectivity index (χ1v) is 38.0. The molecule has 3 aromatic heterocycles. The summed E-state index contributed by atoms with van der Waals surface area (Å²) >= 11 is 3.43. The number of aliphatic hydroxyl groups excluding tert-OH is 3. The summed E-state index contributed by atoms with van der Waals surface area (Å²) in [5, 5.41) is 30.2. The minimum absolute atomic E-state index is 0. The van der Waals surface area contributed by atoms with E-state index in [2.05, 4.69) is 44.3 Å². The summed E-state index contributed by atoms with van der Waals surface area (Å²) in [6.45, 7) is 12.6. The van der Waals surface area contributed by atoms with Crippen LogP contribution in [-0.2, 0) is 169 Å². The maximum absolute atomic E-state index is 13.0. The van der Waals surface area contributed by atoms with Gasteiger partial charge >= 0.3 is 17.1 Å². The number of piperidine rings is 2. The van der Waals surface area contributed by atoms with Crippen molar-refractivity contribution in [1.82, 2.24) is 38.0 Å². The van der Waals surface area contributed by atoms with Crippen LogP contribution in [0, 0.1) is 55.3 Å². The van der Waals surface area contributed by atoms with E-state index < -0.39 is 29.9 Å². The van der Waals surface area contributed by atoms with Gasteiger partial charge in [-0.3, -0.25) is 66.8 Å². The molecule has 1 saturated carbocycles. The molecule has 635 valence electrons. The van der Waals surface area contributed by atoms with Crippen molar-refractivity contribution >= 4 is 103 Å². The van der Waals surface area contributed by atoms with Gasteiger partial charge in [-0.25, -0.2) is 14.4 Å². The standard InChI is InChI=1S/C24H35N3O8.C24H31N3O8.C14H13BrN2O3.C11H20O5.C4H8O.B.H3P.U.V.Y/c2*1-26-22-18(5-3-10-32-12-14-34-16-17-35-15-13-33-11-9-28)4-2-6-19(22)27(24(26)31)20-7-8-21(29)25-23(20)30;1-16-13-9(15)3-2-4-11(13)17(14(16)20)10-6-5-8(18)7-12(10)19;1-2-4-13-6-8-15-10-11-16-9-7-14-5-3-12;1-2-4-5-3-1;;;;;/h2,4,6,20,28H,3,5,7-17H2,1H3,(H,25,29,30);2,4,6,20,28H,7-17H2,1H3,(H,25,29,30);2-4,10H,5-7H2,1H3;1,12H,3-11H2;1-4H2;;1H3;;;. The number of terminal acetylenes is 1. The maximum atomic E-state index is 13.0. The van der Waals surface area contributed by atoms with Gasteiger partial charge in [0, 0.05) is 155 Å². The van der Waals surface area contributed by atoms with Crippen molar-refractivity contribution in [2.24, 2.45) is 21.1 Å². The molecule has 3 aliphatic heterocycles. The second kappa shape index (κ2) is 64.2. The second-order valence-corrected chi connectivity index (χ2v) is 26.1. The van der Waals surface area contributed by atoms with Crippen LogP contribution in [0.5, 0.6) is 0 Å². The third-order valence-electron chi connectivity index (χ3n) is 17.3. The Morgan fingerprint density at radius 3 is 1.26 bits per heavy atom. The summed E-state index contributed by atoms with van der Waals surface area (Å²) < 4.78 is 78.0. The van der Waals surface area contributed by atoms with Crippen LogP contribution in [0.25, 0.3) is 33.1 Å². The average Bonchev–Trinajstić information content (AvgIpc) is 1.62. The van der Waals surface area contributed by atoms with E-state index >= 15 is 0 Å². The number of imide groups is 2. The van der Waals surface area contributed by atoms with Gasteiger partial charge in [-0.15, -0.1) is 6.42 Å². The topological polar surface area (TPSA) is 388 Å². The molecule has 116 heavy (non-hydrogen) atoms. The fraction of sp³-hybridized carbons (Fsp3) is 0.597. The largest absolute Gasteiger partial charge is 0.394 e. The Kier molecular flexibility index (Phi) is 60.4. The number of para-hydroxylation sites is 3. The van der Waals surface area contributed by atoms with E-state index in [1.54, 1.807) is 37.8 Å². The predicted octanol–water partition coefficient (Wildman–Crippen LogP) is 2.15. The molecule has 4 unspecified atom stereocenters. The summed E-state index contributed by atoms with van der Waals surface area (Å²) in [7, 11) is 5.03. The van der Waals surface area contributed by atoms with Gasteiger partial charge in [0.05, 0.1) is 210 Å². The normalized spacial score (nSPS) is 15.5. The van der Waals surface area contributed by atoms with Crippen LogP contribution in [0.4, 0.5) is 0 Å². The van der Waals surface area contributed by atoms with Gasteiger partial charge in [-0.1, -0.05) is 42.0 Å². The zero-order valence-corrected chi connectivity index (χ0v) is 77.9. The number of aromatic nitrogens is 6. The van der Waals surface area contributed by atoms with Crippen molar-refractivity contribution in [3.63, 3.8) is 0 Å². The molecule has 3 aromatic carbocycles. The Morgan fingerprint density at radius 2 is 0.845 bits per heavy atom. The molecular weight excluding hydrogens is 1940 g/mol. The van der Waals surface area contributed by atoms with E-state index in [1.807, 2.05) is 42.5 Å². The number of imidazole rings is 3. The Balaban J connectivity index is 0.000000776. The number of halogens is 1. The van der Waals surface area contributed by atoms with Crippen molar-refractivity contribution in [2.45, 2.75) is 88.8 Å². The molecule has 5 N–H and O–H groups in total. The molecule has 4 aliphatic rings. The van der Waals surface area contributed by atoms with Crippen LogP contribution in [-0.4, -0.2) is 278 Å². The first-order valence-electron chi connectivity index (χ1n) is 37.2. The number of benzene rings is 3. The molecule has 6 aromatic rings. The molecule has 0 spiro atoms. The van der Waals surface area contributed by atoms with Crippen LogP contribution in [0.2, 0.25) is 0 Å². The fourth-order valence-electron chi connectivity index (χ4n) is 12.1. The number of ketones is 2. The molecule has 1 aliphatic carbocycles. The van der Waals surface area contributed by atoms with Gasteiger partial charge < -0.3 is 76.9 Å². The summed E-state index contributed by atoms with van der Waals surface area (Å²) in [4.78, 5) is 109. The van der Waals surface area contributed by atoms with Crippen LogP contribution in [0.3, 0.4) is 0 Å². The fourth-order valence-corrected chi connectivity index (χ4v) is 12.7. The molecule has 4 atom stereocenters. The molecule has 33 nitrogen and oxygen atoms in total. The smallest absolute Gasteiger partial charge is 0.329 e. The van der Waals surface area contributed by atoms with Gasteiger partial charge in [0.15, 0.2) is 5.78 Å². The molecule has 10 rings (SSSR count). The minimum Gasteiger partial charge on any atom is -0.394 e. The van der Waals surface area contributed by atoms with Crippen molar-refractivity contribution < 1.29 is 188 Å². The quantitative estimate of drug-likeness (QED) is 0.00915. The van der Waals surface area contributed by atoms with E-state index in [9.17, 15) is 43.2 Å². The molecule has 6 heterocycles. The van der Waals surface area contributed by atoms with Crippen LogP contribution in [0.15, 0.2) is 73.5 Å². The summed E-state index contributed by atoms with van der Waals surface area (Å²) in [6, 6.07) is 14.6. The van der Waals surface area contributed by atoms with Crippen LogP contribution in [0.1, 0.15) is 93.5 Å². The zero-order valence-electron chi connectivity index (χ0n) is 66.5. The van der Waals surface area contributed by atoms with Gasteiger partial charge in [0.25, 0.3) is 0 Å². The molecule has 4 fully saturated rings. The first-order chi connectivity index (χ1) is 54.0. The Hall–Kier alpha value is -4.71. The number of carbonyl (C=O) groups is 6. The molecule has 4 amide bonds. The molecule has 3 saturated heterocycles. The van der Waals surface area contributed by atoms with Gasteiger partial charge in [-0.05, 0) is 96.8 Å². The van der Waals surface area contributed by atoms with Crippen molar-refractivity contribution in [2.75, 3.05) is 192 Å². The molecule has 39 heteroatoms. The molecule has 0 bridgehead atoms. The number of hydrogen-bond acceptors (Lipinski definition) is 25. The van der Waals surface area contributed by atoms with Crippen molar-refractivity contribution in [3.8, 4) is 24.2 Å². The van der Waals surface area contributed by atoms with Gasteiger partial charge in [0.2, 0.25) is 23.6 Å². The third kappa shape index (κ3) is 36.9. The summed E-state index contributed by atoms with van der Waals surface area (Å²) in [5.41, 5.74) is 5.03. The van der Waals surface area contributed by atoms with Crippen molar-refractivity contribution in [3.05, 3.63) is 102 Å². The number of hydrogen-bond donors (Lipinski definition) is 5. The number of nitrogens with one attached hydrogen (secondary N) is 2. The SMILES string of the molecule is C#CCOCCOCCOCCOCCO.C1CCOC1.Cn1c(=O)n(C2CCC(=O)CC2=O)c2cccc(Br)c21.Cn1c(=O)n(C2CCC(=O)NC2=O)c2cccc(C#CCOCCOCCOCCOCCO)c21.Cn1c(=O)n(C2CCC(=O)NC2=O)c2cccc(CCCOCCOCCOCCOCCO)c21.P.[B].[U].[V].[Y]. The molecular formula is C77H110BBrN8O25PUVY. The Labute approximate surface area is 749 Å². The summed E-state index contributed by atoms with van der Waals surface area (Å²) in [5.74, 6) is 6.60. The number of amides is 4. The maximum Gasteiger partial charge on any atom is 0.329 e. The zero-order chi connectivity index (χ0) is 80.0. The Morgan fingerprint density at radius 1 is 0.483 bits per heavy atom. The second-order valence-electron chi connectivity index (χ2n) is 25.2. The number of rotatable bonds is 42. The van der Waals surface area contributed by atoms with Crippen LogP contribution >= 0.6 is 25.8 Å². The van der Waals surface area contributed by atoms with Gasteiger partial charge in [-0.2, -0.15) is 9.90 Å². The molecule has 5 radical (unpaired) electrons. The monoisotopic (exact) mass is 2050 g/mol. The number of aliphatic hydroxyl groups is 3. The third-order valence-corrected chi connectivity index (χ3v) is 18.0. The minimum atomic E-state index is -0.736. The predicted molar refractivity (Wildman–Crippen MR) is 427 cm³/mol.